The zero-order valence-electron chi connectivity index (χ0n) is 18.9. The molecule has 0 N–H and O–H groups in total. The van der Waals surface area contributed by atoms with Crippen molar-refractivity contribution in [2.75, 3.05) is 6.61 Å². The molecular weight excluding hydrogens is 392 g/mol. The molecule has 0 amide bonds. The van der Waals surface area contributed by atoms with Gasteiger partial charge in [-0.15, -0.1) is 6.58 Å². The minimum absolute atomic E-state index is 0.313. The summed E-state index contributed by atoms with van der Waals surface area (Å²) in [4.78, 5) is 8.67. The zero-order chi connectivity index (χ0) is 22.1. The second-order valence-electron chi connectivity index (χ2n) is 8.22. The average molecular weight is 427 g/mol. The third-order valence-corrected chi connectivity index (χ3v) is 5.12. The predicted molar refractivity (Wildman–Crippen MR) is 121 cm³/mol. The molecule has 1 saturated heterocycles. The fourth-order valence-corrected chi connectivity index (χ4v) is 3.45. The van der Waals surface area contributed by atoms with Crippen molar-refractivity contribution in [3.8, 4) is 22.9 Å². The van der Waals surface area contributed by atoms with Gasteiger partial charge in [0.05, 0.1) is 6.61 Å². The van der Waals surface area contributed by atoms with Crippen LogP contribution in [0.3, 0.4) is 0 Å². The Morgan fingerprint density at radius 2 is 1.65 bits per heavy atom. The third kappa shape index (κ3) is 7.04. The Morgan fingerprint density at radius 1 is 0.968 bits per heavy atom. The van der Waals surface area contributed by atoms with Crippen molar-refractivity contribution in [2.45, 2.75) is 77.5 Å². The van der Waals surface area contributed by atoms with E-state index in [0.29, 0.717) is 18.4 Å². The smallest absolute Gasteiger partial charge is 0.316 e. The van der Waals surface area contributed by atoms with E-state index in [4.69, 9.17) is 18.9 Å². The molecule has 0 bridgehead atoms. The van der Waals surface area contributed by atoms with Crippen LogP contribution in [0.15, 0.2) is 49.3 Å². The Bertz CT molecular complexity index is 805. The largest absolute Gasteiger partial charge is 0.463 e. The van der Waals surface area contributed by atoms with Crippen LogP contribution in [0, 0.1) is 0 Å². The van der Waals surface area contributed by atoms with Gasteiger partial charge in [-0.1, -0.05) is 57.2 Å². The SMILES string of the molecule is C=CC1OC(C)(C)OC1Oc1ccc(-c2cnc(OCCCCCCCC)nc2)cc1. The molecule has 0 saturated carbocycles. The first kappa shape index (κ1) is 23.2. The van der Waals surface area contributed by atoms with Gasteiger partial charge in [-0.3, -0.25) is 0 Å². The van der Waals surface area contributed by atoms with E-state index in [1.54, 1.807) is 18.5 Å². The van der Waals surface area contributed by atoms with E-state index in [-0.39, 0.29) is 6.10 Å². The Labute approximate surface area is 185 Å². The highest BCUT2D eigenvalue weighted by atomic mass is 16.8. The molecule has 2 unspecified atom stereocenters. The molecule has 0 spiro atoms. The highest BCUT2D eigenvalue weighted by Crippen LogP contribution is 2.31. The molecule has 1 aliphatic heterocycles. The van der Waals surface area contributed by atoms with Gasteiger partial charge in [0, 0.05) is 18.0 Å². The monoisotopic (exact) mass is 426 g/mol. The fourth-order valence-electron chi connectivity index (χ4n) is 3.45. The van der Waals surface area contributed by atoms with Crippen LogP contribution in [0.1, 0.15) is 59.3 Å². The van der Waals surface area contributed by atoms with Crippen molar-refractivity contribution < 1.29 is 18.9 Å². The van der Waals surface area contributed by atoms with E-state index in [2.05, 4.69) is 23.5 Å². The maximum absolute atomic E-state index is 5.94. The van der Waals surface area contributed by atoms with Crippen molar-refractivity contribution in [3.63, 3.8) is 0 Å². The Hall–Kier alpha value is -2.44. The van der Waals surface area contributed by atoms with Gasteiger partial charge in [-0.2, -0.15) is 0 Å². The highest BCUT2D eigenvalue weighted by Gasteiger charge is 2.41. The molecule has 2 atom stereocenters. The third-order valence-electron chi connectivity index (χ3n) is 5.12. The maximum Gasteiger partial charge on any atom is 0.316 e. The molecule has 1 aliphatic rings. The number of hydrogen-bond donors (Lipinski definition) is 0. The van der Waals surface area contributed by atoms with Crippen molar-refractivity contribution in [1.29, 1.82) is 0 Å². The summed E-state index contributed by atoms with van der Waals surface area (Å²) in [5.41, 5.74) is 1.92. The lowest BCUT2D eigenvalue weighted by atomic mass is 10.1. The number of hydrogen-bond acceptors (Lipinski definition) is 6. The summed E-state index contributed by atoms with van der Waals surface area (Å²) < 4.78 is 23.1. The Kier molecular flexibility index (Phi) is 8.43. The second-order valence-corrected chi connectivity index (χ2v) is 8.22. The molecule has 1 aromatic heterocycles. The first-order chi connectivity index (χ1) is 15.0. The van der Waals surface area contributed by atoms with Crippen LogP contribution in [-0.4, -0.2) is 34.8 Å². The van der Waals surface area contributed by atoms with Crippen molar-refractivity contribution in [2.24, 2.45) is 0 Å². The van der Waals surface area contributed by atoms with Crippen LogP contribution < -0.4 is 9.47 Å². The van der Waals surface area contributed by atoms with Crippen LogP contribution >= 0.6 is 0 Å². The fraction of sp³-hybridized carbons (Fsp3) is 0.520. The number of nitrogens with zero attached hydrogens (tertiary/aromatic N) is 2. The van der Waals surface area contributed by atoms with E-state index in [9.17, 15) is 0 Å². The molecule has 168 valence electrons. The maximum atomic E-state index is 5.94. The molecule has 6 heteroatoms. The van der Waals surface area contributed by atoms with Gasteiger partial charge in [0.2, 0.25) is 6.29 Å². The van der Waals surface area contributed by atoms with Crippen molar-refractivity contribution >= 4 is 0 Å². The van der Waals surface area contributed by atoms with Crippen molar-refractivity contribution in [3.05, 3.63) is 49.3 Å². The summed E-state index contributed by atoms with van der Waals surface area (Å²) in [6, 6.07) is 8.15. The van der Waals surface area contributed by atoms with Gasteiger partial charge in [-0.25, -0.2) is 9.97 Å². The molecule has 31 heavy (non-hydrogen) atoms. The standard InChI is InChI=1S/C25H34N2O4/c1-5-7-8-9-10-11-16-28-24-26-17-20(18-27-24)19-12-14-21(15-13-19)29-23-22(6-2)30-25(3,4)31-23/h6,12-15,17-18,22-23H,2,5,7-11,16H2,1,3-4H3. The van der Waals surface area contributed by atoms with E-state index in [1.165, 1.54) is 32.1 Å². The first-order valence-corrected chi connectivity index (χ1v) is 11.2. The van der Waals surface area contributed by atoms with E-state index in [0.717, 1.165) is 17.5 Å². The summed E-state index contributed by atoms with van der Waals surface area (Å²) >= 11 is 0. The Balaban J connectivity index is 1.48. The summed E-state index contributed by atoms with van der Waals surface area (Å²) in [5.74, 6) is 0.00126. The summed E-state index contributed by atoms with van der Waals surface area (Å²) in [7, 11) is 0. The zero-order valence-corrected chi connectivity index (χ0v) is 18.9. The van der Waals surface area contributed by atoms with E-state index in [1.807, 2.05) is 38.1 Å². The van der Waals surface area contributed by atoms with Gasteiger partial charge in [-0.05, 0) is 38.0 Å². The van der Waals surface area contributed by atoms with Gasteiger partial charge in [0.1, 0.15) is 11.9 Å². The normalized spacial score (nSPS) is 19.8. The quantitative estimate of drug-likeness (QED) is 0.310. The van der Waals surface area contributed by atoms with Gasteiger partial charge in [0.25, 0.3) is 0 Å². The predicted octanol–water partition coefficient (Wildman–Crippen LogP) is 5.93. The van der Waals surface area contributed by atoms with Crippen LogP contribution in [0.5, 0.6) is 11.8 Å². The van der Waals surface area contributed by atoms with E-state index >= 15 is 0 Å². The minimum Gasteiger partial charge on any atom is -0.463 e. The number of aromatic nitrogens is 2. The first-order valence-electron chi connectivity index (χ1n) is 11.2. The average Bonchev–Trinajstić information content (AvgIpc) is 3.07. The number of unbranched alkanes of at least 4 members (excludes halogenated alkanes) is 5. The summed E-state index contributed by atoms with van der Waals surface area (Å²) in [6.45, 7) is 10.4. The number of rotatable bonds is 12. The molecule has 0 aliphatic carbocycles. The molecule has 1 aromatic carbocycles. The molecule has 2 heterocycles. The lowest BCUT2D eigenvalue weighted by Gasteiger charge is -2.17. The van der Waals surface area contributed by atoms with Crippen LogP contribution in [-0.2, 0) is 9.47 Å². The number of benzene rings is 1. The van der Waals surface area contributed by atoms with Crippen molar-refractivity contribution in [1.82, 2.24) is 9.97 Å². The van der Waals surface area contributed by atoms with Crippen LogP contribution in [0.25, 0.3) is 11.1 Å². The van der Waals surface area contributed by atoms with Gasteiger partial charge in [0.15, 0.2) is 5.79 Å². The molecule has 0 radical (unpaired) electrons. The number of ether oxygens (including phenoxy) is 4. The molecular formula is C25H34N2O4. The summed E-state index contributed by atoms with van der Waals surface area (Å²) in [5, 5.41) is 0. The van der Waals surface area contributed by atoms with Gasteiger partial charge < -0.3 is 18.9 Å². The molecule has 1 fully saturated rings. The van der Waals surface area contributed by atoms with Crippen LogP contribution in [0.2, 0.25) is 0 Å². The van der Waals surface area contributed by atoms with E-state index < -0.39 is 12.1 Å². The topological polar surface area (TPSA) is 62.7 Å². The lowest BCUT2D eigenvalue weighted by Crippen LogP contribution is -2.27. The van der Waals surface area contributed by atoms with Gasteiger partial charge >= 0.3 is 6.01 Å². The lowest BCUT2D eigenvalue weighted by molar-refractivity contribution is -0.168. The second kappa shape index (κ2) is 11.3. The summed E-state index contributed by atoms with van der Waals surface area (Å²) in [6.07, 6.45) is 11.8. The van der Waals surface area contributed by atoms with Crippen LogP contribution in [0.4, 0.5) is 0 Å². The Morgan fingerprint density at radius 3 is 2.32 bits per heavy atom. The molecule has 3 rings (SSSR count). The molecule has 6 nitrogen and oxygen atoms in total. The molecule has 2 aromatic rings. The minimum atomic E-state index is -0.695. The highest BCUT2D eigenvalue weighted by molar-refractivity contribution is 5.62.